The van der Waals surface area contributed by atoms with Crippen molar-refractivity contribution in [3.8, 4) is 0 Å². The molecule has 0 aliphatic heterocycles. The third kappa shape index (κ3) is 72.1. The lowest BCUT2D eigenvalue weighted by atomic mass is 10.4. The zero-order valence-electron chi connectivity index (χ0n) is 7.62. The maximum Gasteiger partial charge on any atom is 0.332 e. The second-order valence-electron chi connectivity index (χ2n) is 1.01. The molecule has 0 aromatic carbocycles. The summed E-state index contributed by atoms with van der Waals surface area (Å²) in [4.78, 5) is 9.45. The number of aliphatic hydroxyl groups excluding tert-OH is 1. The van der Waals surface area contributed by atoms with E-state index >= 15 is 0 Å². The fourth-order valence-electron chi connectivity index (χ4n) is 0. The van der Waals surface area contributed by atoms with Gasteiger partial charge in [0.1, 0.15) is 6.10 Å². The molecule has 0 fully saturated rings. The summed E-state index contributed by atoms with van der Waals surface area (Å²) in [5, 5.41) is 15.8. The van der Waals surface area contributed by atoms with Gasteiger partial charge in [-0.15, -0.1) is 39.5 Å². The second-order valence-corrected chi connectivity index (χ2v) is 1.01. The Balaban J connectivity index is -0.0000000453. The van der Waals surface area contributed by atoms with E-state index in [1.54, 1.807) is 0 Å². The van der Waals surface area contributed by atoms with E-state index in [1.165, 1.54) is 6.92 Å². The Hall–Kier alpha value is -1.35. The maximum atomic E-state index is 9.45. The second kappa shape index (κ2) is 33.4. The number of carbonyl (C=O) groups is 1. The van der Waals surface area contributed by atoms with Crippen LogP contribution in [0.25, 0.3) is 0 Å². The molecule has 0 rings (SSSR count). The van der Waals surface area contributed by atoms with Crippen LogP contribution in [0.15, 0.2) is 39.5 Å². The van der Waals surface area contributed by atoms with Crippen LogP contribution >= 0.6 is 0 Å². The van der Waals surface area contributed by atoms with Gasteiger partial charge in [0.25, 0.3) is 0 Å². The van der Waals surface area contributed by atoms with Crippen molar-refractivity contribution in [1.29, 1.82) is 0 Å². The Morgan fingerprint density at radius 3 is 1.17 bits per heavy atom. The molecule has 0 saturated heterocycles. The molecule has 0 heterocycles. The van der Waals surface area contributed by atoms with Crippen molar-refractivity contribution >= 4 is 5.97 Å². The SMILES string of the molecule is C=C.C=C.C=C.CC(O)C(=O)O. The van der Waals surface area contributed by atoms with Crippen LogP contribution in [0.2, 0.25) is 0 Å². The molecule has 0 amide bonds. The molecule has 1 unspecified atom stereocenters. The Kier molecular flexibility index (Phi) is 62.4. The van der Waals surface area contributed by atoms with Crippen molar-refractivity contribution in [3.05, 3.63) is 39.5 Å². The fourth-order valence-corrected chi connectivity index (χ4v) is 0. The van der Waals surface area contributed by atoms with E-state index in [0.29, 0.717) is 0 Å². The molecule has 0 bridgehead atoms. The van der Waals surface area contributed by atoms with Crippen molar-refractivity contribution in [1.82, 2.24) is 0 Å². The molecule has 0 radical (unpaired) electrons. The Morgan fingerprint density at radius 1 is 1.08 bits per heavy atom. The molecule has 1 atom stereocenters. The summed E-state index contributed by atoms with van der Waals surface area (Å²) in [5.74, 6) is -1.19. The molecule has 12 heavy (non-hydrogen) atoms. The summed E-state index contributed by atoms with van der Waals surface area (Å²) >= 11 is 0. The topological polar surface area (TPSA) is 57.5 Å². The zero-order chi connectivity index (χ0) is 11.2. The van der Waals surface area contributed by atoms with Gasteiger partial charge >= 0.3 is 5.97 Å². The van der Waals surface area contributed by atoms with Crippen LogP contribution in [0.5, 0.6) is 0 Å². The standard InChI is InChI=1S/C3H6O3.3C2H4/c1-2(4)3(5)6;3*1-2/h2,4H,1H3,(H,5,6);3*1-2H2. The van der Waals surface area contributed by atoms with Crippen LogP contribution in [0.4, 0.5) is 0 Å². The first-order valence-corrected chi connectivity index (χ1v) is 3.05. The van der Waals surface area contributed by atoms with Crippen LogP contribution in [0.1, 0.15) is 6.92 Å². The number of rotatable bonds is 1. The third-order valence-electron chi connectivity index (χ3n) is 0.357. The molecule has 0 saturated carbocycles. The van der Waals surface area contributed by atoms with Gasteiger partial charge in [0, 0.05) is 0 Å². The van der Waals surface area contributed by atoms with Gasteiger partial charge in [-0.05, 0) is 6.92 Å². The summed E-state index contributed by atoms with van der Waals surface area (Å²) in [6, 6.07) is 0. The molecule has 3 nitrogen and oxygen atoms in total. The van der Waals surface area contributed by atoms with Crippen LogP contribution in [0.3, 0.4) is 0 Å². The predicted molar refractivity (Wildman–Crippen MR) is 53.1 cm³/mol. The van der Waals surface area contributed by atoms with Gasteiger partial charge in [-0.3, -0.25) is 0 Å². The van der Waals surface area contributed by atoms with Crippen molar-refractivity contribution in [2.75, 3.05) is 0 Å². The summed E-state index contributed by atoms with van der Waals surface area (Å²) in [5.41, 5.74) is 0. The number of aliphatic hydroxyl groups is 1. The summed E-state index contributed by atoms with van der Waals surface area (Å²) in [6.07, 6.45) is -1.23. The monoisotopic (exact) mass is 174 g/mol. The first kappa shape index (κ1) is 22.4. The molecule has 0 aromatic heterocycles. The molecule has 2 N–H and O–H groups in total. The van der Waals surface area contributed by atoms with E-state index < -0.39 is 12.1 Å². The number of carboxylic acids is 1. The molecule has 0 spiro atoms. The van der Waals surface area contributed by atoms with Gasteiger partial charge in [-0.2, -0.15) is 0 Å². The van der Waals surface area contributed by atoms with Gasteiger partial charge in [-0.25, -0.2) is 4.79 Å². The lowest BCUT2D eigenvalue weighted by molar-refractivity contribution is -0.145. The van der Waals surface area contributed by atoms with Crippen molar-refractivity contribution in [2.45, 2.75) is 13.0 Å². The Bertz CT molecular complexity index is 85.0. The molecular weight excluding hydrogens is 156 g/mol. The minimum atomic E-state index is -1.23. The van der Waals surface area contributed by atoms with Crippen LogP contribution in [-0.4, -0.2) is 22.3 Å². The Labute approximate surface area is 74.4 Å². The minimum Gasteiger partial charge on any atom is -0.479 e. The number of aliphatic carboxylic acids is 1. The van der Waals surface area contributed by atoms with Crippen molar-refractivity contribution in [2.24, 2.45) is 0 Å². The van der Waals surface area contributed by atoms with Gasteiger partial charge in [0.15, 0.2) is 0 Å². The fraction of sp³-hybridized carbons (Fsp3) is 0.222. The molecule has 0 aliphatic carbocycles. The van der Waals surface area contributed by atoms with Crippen LogP contribution < -0.4 is 0 Å². The minimum absolute atomic E-state index is 1.19. The van der Waals surface area contributed by atoms with Gasteiger partial charge in [0.2, 0.25) is 0 Å². The first-order chi connectivity index (χ1) is 5.64. The van der Waals surface area contributed by atoms with E-state index in [-0.39, 0.29) is 0 Å². The average Bonchev–Trinajstić information content (AvgIpc) is 2.14. The molecule has 3 heteroatoms. The lowest BCUT2D eigenvalue weighted by Crippen LogP contribution is -2.13. The number of carboxylic acid groups (broad SMARTS) is 1. The smallest absolute Gasteiger partial charge is 0.332 e. The molecule has 0 aromatic rings. The first-order valence-electron chi connectivity index (χ1n) is 3.05. The van der Waals surface area contributed by atoms with Gasteiger partial charge in [0.05, 0.1) is 0 Å². The summed E-state index contributed by atoms with van der Waals surface area (Å²) in [6.45, 7) is 19.2. The van der Waals surface area contributed by atoms with Crippen LogP contribution in [-0.2, 0) is 4.79 Å². The number of hydrogen-bond acceptors (Lipinski definition) is 2. The van der Waals surface area contributed by atoms with E-state index in [2.05, 4.69) is 39.5 Å². The average molecular weight is 174 g/mol. The lowest BCUT2D eigenvalue weighted by Gasteiger charge is -1.89. The highest BCUT2D eigenvalue weighted by molar-refractivity contribution is 5.71. The largest absolute Gasteiger partial charge is 0.479 e. The van der Waals surface area contributed by atoms with Gasteiger partial charge in [-0.1, -0.05) is 0 Å². The van der Waals surface area contributed by atoms with Crippen LogP contribution in [0, 0.1) is 0 Å². The highest BCUT2D eigenvalue weighted by atomic mass is 16.4. The normalized spacial score (nSPS) is 7.83. The van der Waals surface area contributed by atoms with E-state index in [0.717, 1.165) is 0 Å². The zero-order valence-corrected chi connectivity index (χ0v) is 7.62. The van der Waals surface area contributed by atoms with E-state index in [1.807, 2.05) is 0 Å². The summed E-state index contributed by atoms with van der Waals surface area (Å²) in [7, 11) is 0. The van der Waals surface area contributed by atoms with Gasteiger partial charge < -0.3 is 10.2 Å². The molecular formula is C9H18O3. The Morgan fingerprint density at radius 2 is 1.17 bits per heavy atom. The highest BCUT2D eigenvalue weighted by Crippen LogP contribution is 1.73. The highest BCUT2D eigenvalue weighted by Gasteiger charge is 2.01. The van der Waals surface area contributed by atoms with E-state index in [9.17, 15) is 4.79 Å². The molecule has 72 valence electrons. The van der Waals surface area contributed by atoms with E-state index in [4.69, 9.17) is 10.2 Å². The third-order valence-corrected chi connectivity index (χ3v) is 0.357. The van der Waals surface area contributed by atoms with Crippen molar-refractivity contribution < 1.29 is 15.0 Å². The number of hydrogen-bond donors (Lipinski definition) is 2. The maximum absolute atomic E-state index is 9.45. The summed E-state index contributed by atoms with van der Waals surface area (Å²) < 4.78 is 0. The quantitative estimate of drug-likeness (QED) is 0.596. The predicted octanol–water partition coefficient (Wildman–Crippen LogP) is 1.86. The van der Waals surface area contributed by atoms with Crippen molar-refractivity contribution in [3.63, 3.8) is 0 Å². The molecule has 0 aliphatic rings.